The lowest BCUT2D eigenvalue weighted by molar-refractivity contribution is -0.143. The zero-order valence-corrected chi connectivity index (χ0v) is 36.6. The van der Waals surface area contributed by atoms with Crippen molar-refractivity contribution in [2.24, 2.45) is 0 Å². The molecule has 0 aromatic heterocycles. The molecule has 0 aliphatic rings. The van der Waals surface area contributed by atoms with E-state index in [9.17, 15) is 61.8 Å². The molecule has 9 N–H and O–H groups in total. The van der Waals surface area contributed by atoms with Crippen molar-refractivity contribution in [2.75, 3.05) is 84.5 Å². The van der Waals surface area contributed by atoms with E-state index in [4.69, 9.17) is 24.1 Å². The lowest BCUT2D eigenvalue weighted by atomic mass is 10.1. The van der Waals surface area contributed by atoms with Crippen molar-refractivity contribution in [1.29, 1.82) is 0 Å². The van der Waals surface area contributed by atoms with Gasteiger partial charge >= 0.3 is 17.9 Å². The fraction of sp³-hybridized carbons (Fsp3) is 0.757. The lowest BCUT2D eigenvalue weighted by Crippen LogP contribution is -2.43. The number of amides is 6. The predicted octanol–water partition coefficient (Wildman–Crippen LogP) is -2.29. The lowest BCUT2D eigenvalue weighted by Gasteiger charge is -2.16. The highest BCUT2D eigenvalue weighted by atomic mass is 32.2. The number of rotatable bonds is 38. The van der Waals surface area contributed by atoms with Gasteiger partial charge in [0.25, 0.3) is 0 Å². The first-order valence-corrected chi connectivity index (χ1v) is 22.2. The number of unbranched alkanes of at least 4 members (excludes halogenated alkanes) is 1. The van der Waals surface area contributed by atoms with Crippen LogP contribution in [0.5, 0.6) is 0 Å². The average Bonchev–Trinajstić information content (AvgIpc) is 3.20. The first kappa shape index (κ1) is 59.1. The van der Waals surface area contributed by atoms with Crippen molar-refractivity contribution in [3.8, 4) is 0 Å². The van der Waals surface area contributed by atoms with Gasteiger partial charge in [-0.2, -0.15) is 0 Å². The number of carbonyl (C=O) groups is 9. The molecule has 358 valence electrons. The third-order valence-corrected chi connectivity index (χ3v) is 8.98. The molecule has 0 fully saturated rings. The summed E-state index contributed by atoms with van der Waals surface area (Å²) in [6.45, 7) is 6.55. The first-order chi connectivity index (χ1) is 29.4. The molecule has 3 atom stereocenters. The van der Waals surface area contributed by atoms with Gasteiger partial charge in [-0.15, -0.1) is 0 Å². The number of nitrogens with one attached hydrogen (secondary N) is 6. The zero-order valence-electron chi connectivity index (χ0n) is 35.7. The van der Waals surface area contributed by atoms with E-state index in [1.54, 1.807) is 6.92 Å². The molecule has 0 saturated heterocycles. The molecule has 0 bridgehead atoms. The second-order valence-corrected chi connectivity index (χ2v) is 15.5. The van der Waals surface area contributed by atoms with Crippen LogP contribution in [0.4, 0.5) is 0 Å². The Balaban J connectivity index is 0. The number of carboxylic acids is 3. The van der Waals surface area contributed by atoms with Gasteiger partial charge in [0.15, 0.2) is 0 Å². The summed E-state index contributed by atoms with van der Waals surface area (Å²) in [4.78, 5) is 103. The van der Waals surface area contributed by atoms with Crippen molar-refractivity contribution >= 4 is 63.7 Å². The van der Waals surface area contributed by atoms with E-state index in [-0.39, 0.29) is 95.5 Å². The Kier molecular flexibility index (Phi) is 36.0. The third kappa shape index (κ3) is 38.0. The van der Waals surface area contributed by atoms with E-state index >= 15 is 0 Å². The molecular weight excluding hydrogens is 848 g/mol. The van der Waals surface area contributed by atoms with Crippen LogP contribution in [0.25, 0.3) is 0 Å². The summed E-state index contributed by atoms with van der Waals surface area (Å²) >= 11 is 0. The van der Waals surface area contributed by atoms with Gasteiger partial charge in [0.1, 0.15) is 34.6 Å². The van der Waals surface area contributed by atoms with Crippen molar-refractivity contribution in [1.82, 2.24) is 31.9 Å². The largest absolute Gasteiger partial charge is 0.480 e. The van der Waals surface area contributed by atoms with Crippen LogP contribution in [0, 0.1) is 0 Å². The Hall–Kier alpha value is -4.98. The van der Waals surface area contributed by atoms with E-state index in [1.165, 1.54) is 0 Å². The van der Waals surface area contributed by atoms with E-state index in [0.29, 0.717) is 65.2 Å². The highest BCUT2D eigenvalue weighted by Crippen LogP contribution is 2.03. The molecule has 0 aromatic carbocycles. The fourth-order valence-corrected chi connectivity index (χ4v) is 5.37. The standard InChI is InChI=1S/C26H43N5O13.C11H23NO5S/c1-2-20(33)27-10-4-3-5-18(25(39)40)31-23(36)15-44-14-13-43-12-11-28-21(34)8-7-19(26(41)42)30-22(35)9-6-17(24(37)38)29-16-32;1-3-16-8-9-17-7-6-12-11(13)5-4-10-18(2,14)15/h16-19H,2-15H2,1H3,(H,27,33)(H,28,34)(H,29,32)(H,30,35)(H,31,36)(H,37,38)(H,39,40)(H,41,42);3-10H2,1-2H3,(H,12,13). The summed E-state index contributed by atoms with van der Waals surface area (Å²) in [6.07, 6.45) is 2.49. The zero-order chi connectivity index (χ0) is 47.2. The predicted molar refractivity (Wildman–Crippen MR) is 219 cm³/mol. The van der Waals surface area contributed by atoms with E-state index in [2.05, 4.69) is 26.6 Å². The summed E-state index contributed by atoms with van der Waals surface area (Å²) in [6, 6.07) is -3.77. The molecule has 0 aromatic rings. The number of hydrogen-bond acceptors (Lipinski definition) is 15. The van der Waals surface area contributed by atoms with Crippen molar-refractivity contribution in [3.63, 3.8) is 0 Å². The molecule has 0 spiro atoms. The summed E-state index contributed by atoms with van der Waals surface area (Å²) < 4.78 is 42.4. The summed E-state index contributed by atoms with van der Waals surface area (Å²) in [5, 5.41) is 42.0. The molecule has 0 saturated carbocycles. The van der Waals surface area contributed by atoms with Gasteiger partial charge < -0.3 is 66.2 Å². The average molecular weight is 915 g/mol. The van der Waals surface area contributed by atoms with Gasteiger partial charge in [-0.25, -0.2) is 22.8 Å². The van der Waals surface area contributed by atoms with Gasteiger partial charge in [0, 0.05) is 58.2 Å². The molecular formula is C37H66N6O18S. The second kappa shape index (κ2) is 37.8. The van der Waals surface area contributed by atoms with Crippen LogP contribution in [0.15, 0.2) is 0 Å². The van der Waals surface area contributed by atoms with Gasteiger partial charge in [0.2, 0.25) is 35.9 Å². The highest BCUT2D eigenvalue weighted by molar-refractivity contribution is 7.90. The summed E-state index contributed by atoms with van der Waals surface area (Å²) in [7, 11) is -2.98. The minimum absolute atomic E-state index is 0.0225. The molecule has 62 heavy (non-hydrogen) atoms. The number of sulfone groups is 1. The molecule has 0 heterocycles. The van der Waals surface area contributed by atoms with Crippen LogP contribution in [-0.4, -0.2) is 180 Å². The molecule has 0 radical (unpaired) electrons. The van der Waals surface area contributed by atoms with Crippen LogP contribution in [0.2, 0.25) is 0 Å². The fourth-order valence-electron chi connectivity index (χ4n) is 4.70. The minimum Gasteiger partial charge on any atom is -0.480 e. The number of hydrogen-bond donors (Lipinski definition) is 9. The maximum atomic E-state index is 12.0. The smallest absolute Gasteiger partial charge is 0.326 e. The Bertz CT molecular complexity index is 1470. The first-order valence-electron chi connectivity index (χ1n) is 20.1. The number of ether oxygens (including phenoxy) is 4. The van der Waals surface area contributed by atoms with Crippen molar-refractivity contribution in [3.05, 3.63) is 0 Å². The van der Waals surface area contributed by atoms with Crippen molar-refractivity contribution in [2.45, 2.75) is 96.2 Å². The summed E-state index contributed by atoms with van der Waals surface area (Å²) in [5.74, 6) is -5.96. The molecule has 25 heteroatoms. The van der Waals surface area contributed by atoms with E-state index < -0.39 is 63.6 Å². The quantitative estimate of drug-likeness (QED) is 0.0233. The maximum absolute atomic E-state index is 12.0. The second-order valence-electron chi connectivity index (χ2n) is 13.3. The molecule has 3 unspecified atom stereocenters. The Labute approximate surface area is 361 Å². The molecule has 0 aliphatic heterocycles. The number of carbonyl (C=O) groups excluding carboxylic acids is 6. The van der Waals surface area contributed by atoms with Crippen LogP contribution in [-0.2, 0) is 71.9 Å². The molecule has 6 amide bonds. The van der Waals surface area contributed by atoms with Crippen LogP contribution in [0.1, 0.15) is 78.1 Å². The third-order valence-electron chi connectivity index (χ3n) is 7.95. The van der Waals surface area contributed by atoms with Gasteiger partial charge in [-0.05, 0) is 45.4 Å². The minimum atomic E-state index is -2.98. The molecule has 24 nitrogen and oxygen atoms in total. The van der Waals surface area contributed by atoms with Crippen molar-refractivity contribution < 1.29 is 85.8 Å². The van der Waals surface area contributed by atoms with E-state index in [0.717, 1.165) is 6.26 Å². The van der Waals surface area contributed by atoms with Gasteiger partial charge in [-0.3, -0.25) is 28.8 Å². The van der Waals surface area contributed by atoms with Crippen LogP contribution in [0.3, 0.4) is 0 Å². The summed E-state index contributed by atoms with van der Waals surface area (Å²) in [5.41, 5.74) is 0. The maximum Gasteiger partial charge on any atom is 0.326 e. The number of carboxylic acid groups (broad SMARTS) is 3. The highest BCUT2D eigenvalue weighted by Gasteiger charge is 2.23. The Morgan fingerprint density at radius 1 is 0.548 bits per heavy atom. The number of aliphatic carboxylic acids is 3. The Morgan fingerprint density at radius 3 is 1.56 bits per heavy atom. The molecule has 0 aliphatic carbocycles. The topological polar surface area (TPSA) is 358 Å². The SMILES string of the molecule is CCC(=O)NCCCCC(NC(=O)COCCOCCNC(=O)CCC(NC(=O)CCC(NC=O)C(=O)O)C(=O)O)C(=O)O.CCOCCOCCNC(=O)CCCS(C)(=O)=O. The normalized spacial score (nSPS) is 12.2. The van der Waals surface area contributed by atoms with Gasteiger partial charge in [-0.1, -0.05) is 6.92 Å². The molecule has 0 rings (SSSR count). The van der Waals surface area contributed by atoms with Crippen LogP contribution >= 0.6 is 0 Å². The van der Waals surface area contributed by atoms with Gasteiger partial charge in [0.05, 0.1) is 45.4 Å². The monoisotopic (exact) mass is 914 g/mol. The van der Waals surface area contributed by atoms with E-state index in [1.807, 2.05) is 12.2 Å². The van der Waals surface area contributed by atoms with Crippen LogP contribution < -0.4 is 31.9 Å². The Morgan fingerprint density at radius 2 is 1.03 bits per heavy atom.